The number of imide groups is 2. The van der Waals surface area contributed by atoms with E-state index < -0.39 is 17.8 Å². The zero-order chi connectivity index (χ0) is 24.8. The molecule has 2 N–H and O–H groups in total. The molecule has 2 heterocycles. The van der Waals surface area contributed by atoms with Crippen molar-refractivity contribution >= 4 is 29.6 Å². The lowest BCUT2D eigenvalue weighted by atomic mass is 10.4. The van der Waals surface area contributed by atoms with Gasteiger partial charge in [-0.15, -0.1) is 0 Å². The average Bonchev–Trinajstić information content (AvgIpc) is 3.26. The van der Waals surface area contributed by atoms with Gasteiger partial charge < -0.3 is 29.4 Å². The van der Waals surface area contributed by atoms with Crippen molar-refractivity contribution in [1.82, 2.24) is 9.80 Å². The number of nitrogens with zero attached hydrogens (tertiary/aromatic N) is 2. The lowest BCUT2D eigenvalue weighted by Gasteiger charge is -2.14. The quantitative estimate of drug-likeness (QED) is 0.132. The number of amides is 4. The molecule has 0 aromatic heterocycles. The van der Waals surface area contributed by atoms with Gasteiger partial charge in [-0.3, -0.25) is 33.8 Å². The summed E-state index contributed by atoms with van der Waals surface area (Å²) in [6.07, 6.45) is 3.23. The lowest BCUT2D eigenvalue weighted by Crippen LogP contribution is -2.35. The molecule has 13 nitrogen and oxygen atoms in total. The second-order valence-corrected chi connectivity index (χ2v) is 6.93. The second kappa shape index (κ2) is 15.0. The van der Waals surface area contributed by atoms with E-state index in [0.717, 1.165) is 15.9 Å². The van der Waals surface area contributed by atoms with Crippen molar-refractivity contribution < 1.29 is 47.7 Å². The van der Waals surface area contributed by atoms with E-state index in [9.17, 15) is 24.0 Å². The van der Waals surface area contributed by atoms with Crippen LogP contribution in [0.2, 0.25) is 0 Å². The molecule has 0 aromatic rings. The predicted molar refractivity (Wildman–Crippen MR) is 114 cm³/mol. The van der Waals surface area contributed by atoms with Crippen LogP contribution in [0.1, 0.15) is 6.42 Å². The van der Waals surface area contributed by atoms with Crippen molar-refractivity contribution in [3.8, 4) is 0 Å². The molecule has 0 aliphatic carbocycles. The third-order valence-corrected chi connectivity index (χ3v) is 4.48. The summed E-state index contributed by atoms with van der Waals surface area (Å²) in [5, 5.41) is 0. The molecule has 0 fully saturated rings. The Bertz CT molecular complexity index is 793. The average molecular weight is 483 g/mol. The van der Waals surface area contributed by atoms with Gasteiger partial charge in [-0.05, 0) is 0 Å². The van der Waals surface area contributed by atoms with E-state index >= 15 is 0 Å². The largest absolute Gasteiger partial charge is 0.420 e. The summed E-state index contributed by atoms with van der Waals surface area (Å²) in [5.41, 5.74) is 5.29. The number of hydrogen-bond donors (Lipinski definition) is 1. The van der Waals surface area contributed by atoms with Crippen LogP contribution in [0.3, 0.4) is 0 Å². The highest BCUT2D eigenvalue weighted by atomic mass is 16.6. The fourth-order valence-electron chi connectivity index (χ4n) is 2.79. The maximum atomic E-state index is 12.2. The third-order valence-electron chi connectivity index (χ3n) is 4.48. The first-order chi connectivity index (χ1) is 16.4. The highest BCUT2D eigenvalue weighted by molar-refractivity contribution is 6.15. The van der Waals surface area contributed by atoms with Crippen molar-refractivity contribution in [3.63, 3.8) is 0 Å². The van der Waals surface area contributed by atoms with Crippen LogP contribution in [0, 0.1) is 0 Å². The fourth-order valence-corrected chi connectivity index (χ4v) is 2.79. The Morgan fingerprint density at radius 1 is 0.706 bits per heavy atom. The lowest BCUT2D eigenvalue weighted by molar-refractivity contribution is -0.147. The Kier molecular flexibility index (Phi) is 12.1. The predicted octanol–water partition coefficient (Wildman–Crippen LogP) is -1.88. The Hall–Kier alpha value is -2.97. The fraction of sp³-hybridized carbons (Fsp3) is 0.571. The Balaban J connectivity index is 1.50. The van der Waals surface area contributed by atoms with Crippen LogP contribution in [0.4, 0.5) is 0 Å². The molecule has 2 aliphatic rings. The zero-order valence-corrected chi connectivity index (χ0v) is 18.8. The molecule has 188 valence electrons. The molecule has 2 rings (SSSR count). The summed E-state index contributed by atoms with van der Waals surface area (Å²) in [5.74, 6) is -3.10. The molecular formula is C21H29N3O10. The van der Waals surface area contributed by atoms with Crippen molar-refractivity contribution in [2.24, 2.45) is 5.73 Å². The summed E-state index contributed by atoms with van der Waals surface area (Å²) in [4.78, 5) is 60.8. The van der Waals surface area contributed by atoms with Gasteiger partial charge in [0.15, 0.2) is 0 Å². The smallest absolute Gasteiger partial charge is 0.313 e. The standard InChI is InChI=1S/C21H29N3O10/c22-4-8-31-12-14-33-10-6-24-19(27)15-16(21(24)29)34-20(28)3-7-30-11-13-32-9-5-23-17(25)1-2-18(23)26/h1-2,15H,3-14,22H2. The van der Waals surface area contributed by atoms with Gasteiger partial charge in [0.1, 0.15) is 0 Å². The first kappa shape index (κ1) is 27.3. The molecule has 0 saturated carbocycles. The molecule has 0 unspecified atom stereocenters. The SMILES string of the molecule is NCCOCCOCCN1C(=O)C=C(OC(=O)CCOCCOCCN2C(=O)C=CC2=O)C1=O. The van der Waals surface area contributed by atoms with E-state index in [0.29, 0.717) is 26.4 Å². The van der Waals surface area contributed by atoms with Crippen LogP contribution >= 0.6 is 0 Å². The molecule has 13 heteroatoms. The van der Waals surface area contributed by atoms with Crippen LogP contribution in [-0.2, 0) is 47.7 Å². The molecular weight excluding hydrogens is 454 g/mol. The summed E-state index contributed by atoms with van der Waals surface area (Å²) >= 11 is 0. The normalized spacial score (nSPS) is 15.6. The van der Waals surface area contributed by atoms with Crippen LogP contribution < -0.4 is 5.73 Å². The molecule has 4 amide bonds. The Morgan fingerprint density at radius 2 is 1.24 bits per heavy atom. The minimum atomic E-state index is -0.720. The number of esters is 1. The molecule has 0 saturated heterocycles. The molecule has 0 aromatic carbocycles. The van der Waals surface area contributed by atoms with Crippen molar-refractivity contribution in [2.45, 2.75) is 6.42 Å². The summed E-state index contributed by atoms with van der Waals surface area (Å²) < 4.78 is 25.9. The van der Waals surface area contributed by atoms with Gasteiger partial charge in [0.25, 0.3) is 23.6 Å². The number of hydrogen-bond acceptors (Lipinski definition) is 11. The third kappa shape index (κ3) is 9.11. The van der Waals surface area contributed by atoms with Gasteiger partial charge >= 0.3 is 5.97 Å². The first-order valence-corrected chi connectivity index (χ1v) is 10.8. The van der Waals surface area contributed by atoms with E-state index in [-0.39, 0.29) is 70.1 Å². The topological polar surface area (TPSA) is 164 Å². The number of carbonyl (C=O) groups excluding carboxylic acids is 5. The molecule has 0 bridgehead atoms. The van der Waals surface area contributed by atoms with E-state index in [1.54, 1.807) is 0 Å². The van der Waals surface area contributed by atoms with Gasteiger partial charge in [-0.1, -0.05) is 0 Å². The number of ether oxygens (including phenoxy) is 5. The monoisotopic (exact) mass is 483 g/mol. The molecule has 0 spiro atoms. The van der Waals surface area contributed by atoms with Gasteiger partial charge in [-0.2, -0.15) is 0 Å². The summed E-state index contributed by atoms with van der Waals surface area (Å²) in [7, 11) is 0. The van der Waals surface area contributed by atoms with E-state index in [2.05, 4.69) is 0 Å². The minimum absolute atomic E-state index is 0.0197. The highest BCUT2D eigenvalue weighted by Gasteiger charge is 2.33. The number of rotatable bonds is 18. The van der Waals surface area contributed by atoms with Crippen LogP contribution in [0.25, 0.3) is 0 Å². The molecule has 34 heavy (non-hydrogen) atoms. The van der Waals surface area contributed by atoms with E-state index in [1.165, 1.54) is 12.2 Å². The van der Waals surface area contributed by atoms with Crippen LogP contribution in [-0.4, -0.2) is 112 Å². The van der Waals surface area contributed by atoms with Gasteiger partial charge in [0.05, 0.1) is 78.4 Å². The van der Waals surface area contributed by atoms with Crippen LogP contribution in [0.15, 0.2) is 24.0 Å². The van der Waals surface area contributed by atoms with Crippen molar-refractivity contribution in [3.05, 3.63) is 24.0 Å². The summed E-state index contributed by atoms with van der Waals surface area (Å²) in [6.45, 7) is 2.34. The van der Waals surface area contributed by atoms with Gasteiger partial charge in [-0.25, -0.2) is 0 Å². The van der Waals surface area contributed by atoms with Crippen molar-refractivity contribution in [2.75, 3.05) is 72.5 Å². The molecule has 0 atom stereocenters. The molecule has 2 aliphatic heterocycles. The van der Waals surface area contributed by atoms with Gasteiger partial charge in [0, 0.05) is 18.7 Å². The first-order valence-electron chi connectivity index (χ1n) is 10.8. The number of carbonyl (C=O) groups is 5. The number of nitrogens with two attached hydrogens (primary N) is 1. The van der Waals surface area contributed by atoms with E-state index in [4.69, 9.17) is 29.4 Å². The van der Waals surface area contributed by atoms with Crippen LogP contribution in [0.5, 0.6) is 0 Å². The van der Waals surface area contributed by atoms with Crippen molar-refractivity contribution in [1.29, 1.82) is 0 Å². The minimum Gasteiger partial charge on any atom is -0.420 e. The van der Waals surface area contributed by atoms with E-state index in [1.807, 2.05) is 0 Å². The highest BCUT2D eigenvalue weighted by Crippen LogP contribution is 2.14. The molecule has 0 radical (unpaired) electrons. The maximum absolute atomic E-state index is 12.2. The Morgan fingerprint density at radius 3 is 1.82 bits per heavy atom. The van der Waals surface area contributed by atoms with Gasteiger partial charge in [0.2, 0.25) is 5.76 Å². The maximum Gasteiger partial charge on any atom is 0.313 e. The zero-order valence-electron chi connectivity index (χ0n) is 18.8. The second-order valence-electron chi connectivity index (χ2n) is 6.93. The summed E-state index contributed by atoms with van der Waals surface area (Å²) in [6, 6.07) is 0. The Labute approximate surface area is 196 Å².